The second-order valence-electron chi connectivity index (χ2n) is 6.33. The zero-order valence-electron chi connectivity index (χ0n) is 12.4. The van der Waals surface area contributed by atoms with E-state index in [1.54, 1.807) is 0 Å². The van der Waals surface area contributed by atoms with Crippen LogP contribution in [0.3, 0.4) is 0 Å². The highest BCUT2D eigenvalue weighted by Crippen LogP contribution is 2.40. The Morgan fingerprint density at radius 1 is 1.42 bits per heavy atom. The predicted octanol–water partition coefficient (Wildman–Crippen LogP) is 2.63. The molecule has 2 fully saturated rings. The molecule has 2 rings (SSSR count). The van der Waals surface area contributed by atoms with E-state index in [1.807, 2.05) is 11.9 Å². The fourth-order valence-electron chi connectivity index (χ4n) is 3.38. The Hall–Kier alpha value is -0.770. The van der Waals surface area contributed by atoms with Gasteiger partial charge in [0, 0.05) is 32.7 Å². The normalized spacial score (nSPS) is 25.5. The topological polar surface area (TPSA) is 41.6 Å². The van der Waals surface area contributed by atoms with E-state index in [0.717, 1.165) is 32.7 Å². The summed E-state index contributed by atoms with van der Waals surface area (Å²) < 4.78 is 5.35. The first-order valence-electron chi connectivity index (χ1n) is 7.72. The van der Waals surface area contributed by atoms with Crippen molar-refractivity contribution in [2.45, 2.75) is 45.4 Å². The molecule has 1 saturated heterocycles. The summed E-state index contributed by atoms with van der Waals surface area (Å²) in [7, 11) is 1.89. The molecule has 0 spiro atoms. The first kappa shape index (κ1) is 14.6. The number of hydrogen-bond acceptors (Lipinski definition) is 2. The molecule has 1 saturated carbocycles. The molecule has 0 aromatic heterocycles. The summed E-state index contributed by atoms with van der Waals surface area (Å²) in [5.41, 5.74) is 0.368. The highest BCUT2D eigenvalue weighted by molar-refractivity contribution is 5.73. The summed E-state index contributed by atoms with van der Waals surface area (Å²) in [4.78, 5) is 13.9. The fraction of sp³-hybridized carbons (Fsp3) is 0.933. The summed E-state index contributed by atoms with van der Waals surface area (Å²) in [5, 5.41) is 3.14. The van der Waals surface area contributed by atoms with E-state index >= 15 is 0 Å². The van der Waals surface area contributed by atoms with E-state index < -0.39 is 0 Å². The van der Waals surface area contributed by atoms with Gasteiger partial charge in [0.15, 0.2) is 0 Å². The molecule has 110 valence electrons. The molecule has 4 nitrogen and oxygen atoms in total. The number of ether oxygens (including phenoxy) is 1. The maximum Gasteiger partial charge on any atom is 0.317 e. The van der Waals surface area contributed by atoms with Crippen LogP contribution in [0.2, 0.25) is 0 Å². The lowest BCUT2D eigenvalue weighted by molar-refractivity contribution is 0.168. The molecule has 4 heteroatoms. The standard InChI is InChI=1S/C15H28N2O2/c1-3-15(7-4-5-8-15)12-16-14(18)17(2)10-13-6-9-19-11-13/h13H,3-12H2,1-2H3,(H,16,18). The molecule has 0 radical (unpaired) electrons. The largest absolute Gasteiger partial charge is 0.381 e. The van der Waals surface area contributed by atoms with Crippen molar-refractivity contribution in [2.24, 2.45) is 11.3 Å². The lowest BCUT2D eigenvalue weighted by Gasteiger charge is -2.29. The minimum atomic E-state index is 0.0756. The number of urea groups is 1. The molecule has 1 atom stereocenters. The number of carbonyl (C=O) groups is 1. The Labute approximate surface area is 116 Å². The first-order chi connectivity index (χ1) is 9.15. The quantitative estimate of drug-likeness (QED) is 0.833. The van der Waals surface area contributed by atoms with Crippen LogP contribution >= 0.6 is 0 Å². The maximum atomic E-state index is 12.1. The molecule has 1 N–H and O–H groups in total. The van der Waals surface area contributed by atoms with Gasteiger partial charge in [-0.05, 0) is 31.1 Å². The van der Waals surface area contributed by atoms with Crippen LogP contribution in [0.25, 0.3) is 0 Å². The van der Waals surface area contributed by atoms with Crippen LogP contribution in [0.4, 0.5) is 4.79 Å². The van der Waals surface area contributed by atoms with Crippen LogP contribution in [0.5, 0.6) is 0 Å². The summed E-state index contributed by atoms with van der Waals surface area (Å²) in [5.74, 6) is 0.516. The Bertz CT molecular complexity index is 295. The summed E-state index contributed by atoms with van der Waals surface area (Å²) >= 11 is 0. The van der Waals surface area contributed by atoms with Crippen LogP contribution in [0, 0.1) is 11.3 Å². The monoisotopic (exact) mass is 268 g/mol. The van der Waals surface area contributed by atoms with Crippen LogP contribution < -0.4 is 5.32 Å². The van der Waals surface area contributed by atoms with E-state index in [9.17, 15) is 4.79 Å². The molecule has 1 aliphatic carbocycles. The van der Waals surface area contributed by atoms with Crippen molar-refractivity contribution in [3.63, 3.8) is 0 Å². The van der Waals surface area contributed by atoms with Crippen molar-refractivity contribution in [1.82, 2.24) is 10.2 Å². The van der Waals surface area contributed by atoms with Crippen molar-refractivity contribution in [3.05, 3.63) is 0 Å². The van der Waals surface area contributed by atoms with E-state index in [1.165, 1.54) is 32.1 Å². The number of amides is 2. The first-order valence-corrected chi connectivity index (χ1v) is 7.72. The van der Waals surface area contributed by atoms with Crippen LogP contribution in [0.1, 0.15) is 45.4 Å². The number of rotatable bonds is 5. The van der Waals surface area contributed by atoms with Crippen molar-refractivity contribution in [3.8, 4) is 0 Å². The minimum absolute atomic E-state index is 0.0756. The van der Waals surface area contributed by atoms with Gasteiger partial charge in [-0.15, -0.1) is 0 Å². The molecule has 1 heterocycles. The van der Waals surface area contributed by atoms with Crippen molar-refractivity contribution in [1.29, 1.82) is 0 Å². The van der Waals surface area contributed by atoms with Crippen LogP contribution in [-0.4, -0.2) is 44.3 Å². The molecule has 2 amide bonds. The van der Waals surface area contributed by atoms with Gasteiger partial charge in [0.05, 0.1) is 6.61 Å². The van der Waals surface area contributed by atoms with Crippen molar-refractivity contribution < 1.29 is 9.53 Å². The maximum absolute atomic E-state index is 12.1. The van der Waals surface area contributed by atoms with Crippen LogP contribution in [-0.2, 0) is 4.74 Å². The van der Waals surface area contributed by atoms with E-state index in [4.69, 9.17) is 4.74 Å². The zero-order chi connectivity index (χ0) is 13.7. The molecule has 19 heavy (non-hydrogen) atoms. The highest BCUT2D eigenvalue weighted by Gasteiger charge is 2.32. The summed E-state index contributed by atoms with van der Waals surface area (Å²) in [6.45, 7) is 5.55. The van der Waals surface area contributed by atoms with Crippen molar-refractivity contribution in [2.75, 3.05) is 33.4 Å². The number of nitrogens with one attached hydrogen (secondary N) is 1. The Morgan fingerprint density at radius 3 is 2.74 bits per heavy atom. The predicted molar refractivity (Wildman–Crippen MR) is 76.1 cm³/mol. The molecule has 1 unspecified atom stereocenters. The molecule has 0 bridgehead atoms. The molecular formula is C15H28N2O2. The van der Waals surface area contributed by atoms with Gasteiger partial charge >= 0.3 is 6.03 Å². The third-order valence-corrected chi connectivity index (χ3v) is 4.93. The summed E-state index contributed by atoms with van der Waals surface area (Å²) in [6.07, 6.45) is 7.43. The smallest absolute Gasteiger partial charge is 0.317 e. The second kappa shape index (κ2) is 6.60. The Morgan fingerprint density at radius 2 is 2.16 bits per heavy atom. The second-order valence-corrected chi connectivity index (χ2v) is 6.33. The van der Waals surface area contributed by atoms with Gasteiger partial charge in [-0.25, -0.2) is 4.79 Å². The number of nitrogens with zero attached hydrogens (tertiary/aromatic N) is 1. The van der Waals surface area contributed by atoms with Crippen LogP contribution in [0.15, 0.2) is 0 Å². The van der Waals surface area contributed by atoms with Crippen molar-refractivity contribution >= 4 is 6.03 Å². The molecule has 2 aliphatic rings. The van der Waals surface area contributed by atoms with Gasteiger partial charge in [0.2, 0.25) is 0 Å². The van der Waals surface area contributed by atoms with E-state index in [-0.39, 0.29) is 6.03 Å². The average Bonchev–Trinajstić information content (AvgIpc) is 3.07. The summed E-state index contributed by atoms with van der Waals surface area (Å²) in [6, 6.07) is 0.0756. The molecule has 0 aromatic rings. The SMILES string of the molecule is CCC1(CNC(=O)N(C)CC2CCOC2)CCCC1. The third-order valence-electron chi connectivity index (χ3n) is 4.93. The van der Waals surface area contributed by atoms with Gasteiger partial charge in [-0.1, -0.05) is 19.8 Å². The molecule has 1 aliphatic heterocycles. The fourth-order valence-corrected chi connectivity index (χ4v) is 3.38. The minimum Gasteiger partial charge on any atom is -0.381 e. The highest BCUT2D eigenvalue weighted by atomic mass is 16.5. The average molecular weight is 268 g/mol. The van der Waals surface area contributed by atoms with Gasteiger partial charge < -0.3 is 15.0 Å². The Kier molecular flexibility index (Phi) is 5.08. The lowest BCUT2D eigenvalue weighted by atomic mass is 9.83. The Balaban J connectivity index is 1.73. The van der Waals surface area contributed by atoms with E-state index in [0.29, 0.717) is 11.3 Å². The van der Waals surface area contributed by atoms with Gasteiger partial charge in [0.25, 0.3) is 0 Å². The van der Waals surface area contributed by atoms with Gasteiger partial charge in [-0.3, -0.25) is 0 Å². The lowest BCUT2D eigenvalue weighted by Crippen LogP contribution is -2.44. The number of hydrogen-bond donors (Lipinski definition) is 1. The number of carbonyl (C=O) groups excluding carboxylic acids is 1. The molecular weight excluding hydrogens is 240 g/mol. The van der Waals surface area contributed by atoms with Gasteiger partial charge in [0.1, 0.15) is 0 Å². The van der Waals surface area contributed by atoms with E-state index in [2.05, 4.69) is 12.2 Å². The molecule has 0 aromatic carbocycles. The third kappa shape index (κ3) is 3.85. The zero-order valence-corrected chi connectivity index (χ0v) is 12.4. The van der Waals surface area contributed by atoms with Gasteiger partial charge in [-0.2, -0.15) is 0 Å².